The number of carbonyl (C=O) groups excluding carboxylic acids is 4. The van der Waals surface area contributed by atoms with Gasteiger partial charge in [0.2, 0.25) is 0 Å². The molecule has 2 heterocycles. The van der Waals surface area contributed by atoms with Gasteiger partial charge >= 0.3 is 24.0 Å². The molecule has 0 radical (unpaired) electrons. The Morgan fingerprint density at radius 2 is 1.71 bits per heavy atom. The van der Waals surface area contributed by atoms with Gasteiger partial charge in [0.1, 0.15) is 23.9 Å². The average Bonchev–Trinajstić information content (AvgIpc) is 3.39. The number of hydrogen-bond donors (Lipinski definition) is 4. The first kappa shape index (κ1) is 44.7. The number of alkyl carbamates (subject to hydrolysis) is 1. The molecule has 0 bridgehead atoms. The van der Waals surface area contributed by atoms with Crippen LogP contribution in [0, 0.1) is 22.7 Å². The Balaban J connectivity index is 1.48. The number of nitrogens with one attached hydrogen (secondary N) is 1. The fraction of sp³-hybridized carbons (Fsp3) is 0.682. The van der Waals surface area contributed by atoms with Crippen molar-refractivity contribution in [2.75, 3.05) is 6.61 Å². The summed E-state index contributed by atoms with van der Waals surface area (Å²) in [4.78, 5) is 54.0. The topological polar surface area (TPSA) is 206 Å². The highest BCUT2D eigenvalue weighted by atomic mass is 16.7. The summed E-state index contributed by atoms with van der Waals surface area (Å²) < 4.78 is 43.5. The molecule has 4 fully saturated rings. The summed E-state index contributed by atoms with van der Waals surface area (Å²) >= 11 is 0. The van der Waals surface area contributed by atoms with E-state index >= 15 is 0 Å². The maximum atomic E-state index is 14.0. The van der Waals surface area contributed by atoms with Gasteiger partial charge in [0.25, 0.3) is 0 Å². The van der Waals surface area contributed by atoms with Gasteiger partial charge < -0.3 is 53.8 Å². The molecule has 6 rings (SSSR count). The number of aliphatic hydroxyl groups excluding tert-OH is 2. The lowest BCUT2D eigenvalue weighted by atomic mass is 9.49. The van der Waals surface area contributed by atoms with Crippen molar-refractivity contribution in [2.45, 2.75) is 160 Å². The van der Waals surface area contributed by atoms with Crippen LogP contribution in [0.5, 0.6) is 0 Å². The number of benzene rings is 1. The van der Waals surface area contributed by atoms with Crippen LogP contribution in [0.4, 0.5) is 4.79 Å². The minimum atomic E-state index is -1.85. The zero-order chi connectivity index (χ0) is 43.6. The van der Waals surface area contributed by atoms with Gasteiger partial charge in [-0.3, -0.25) is 4.79 Å². The first-order valence-corrected chi connectivity index (χ1v) is 20.4. The number of fused-ring (bicyclic) bond motifs is 3. The molecule has 0 unspecified atom stereocenters. The lowest BCUT2D eigenvalue weighted by molar-refractivity contribution is -0.391. The maximum absolute atomic E-state index is 14.0. The molecule has 1 amide bonds. The van der Waals surface area contributed by atoms with Crippen LogP contribution < -0.4 is 5.32 Å². The molecule has 4 N–H and O–H groups in total. The standard InChI is InChI=1S/C44H61NO14/c1-12-30-56-28-19-29-44(21-53-29,58-37(49)25-16-14-13-15-17-25)34-35(48)43(41(9,10)52)20-27(23(4)31(43)33(54-24(5)46)36(57-30)42(28,34)11)55-38(50)32(47)26(18-22(2)3)45-39(51)59-40(6,7)8/h12-17,22,26-30,32-36,47-48,52H,1,18-21H2,2-11H3,(H,45,51)/t26-,27-,28-,29+,30-,32+,33-,34-,35-,36-,42+,43-,44-/m0/s1. The molecule has 2 saturated carbocycles. The number of amides is 1. The Hall–Kier alpha value is -3.86. The minimum Gasteiger partial charge on any atom is -0.456 e. The zero-order valence-electron chi connectivity index (χ0n) is 35.7. The summed E-state index contributed by atoms with van der Waals surface area (Å²) in [6.45, 7) is 20.3. The van der Waals surface area contributed by atoms with Gasteiger partial charge in [0.05, 0.1) is 41.4 Å². The van der Waals surface area contributed by atoms with E-state index in [1.54, 1.807) is 58.0 Å². The van der Waals surface area contributed by atoms with Crippen LogP contribution in [0.15, 0.2) is 54.1 Å². The van der Waals surface area contributed by atoms with Gasteiger partial charge in [-0.25, -0.2) is 14.4 Å². The van der Waals surface area contributed by atoms with E-state index in [0.717, 1.165) is 0 Å². The van der Waals surface area contributed by atoms with Gasteiger partial charge in [-0.2, -0.15) is 0 Å². The lowest BCUT2D eigenvalue weighted by Crippen LogP contribution is -2.80. The van der Waals surface area contributed by atoms with Crippen molar-refractivity contribution in [3.63, 3.8) is 0 Å². The molecule has 2 aliphatic heterocycles. The van der Waals surface area contributed by atoms with Crippen molar-refractivity contribution in [1.82, 2.24) is 5.32 Å². The molecule has 15 heteroatoms. The van der Waals surface area contributed by atoms with E-state index in [1.807, 2.05) is 20.8 Å². The van der Waals surface area contributed by atoms with E-state index in [2.05, 4.69) is 11.9 Å². The summed E-state index contributed by atoms with van der Waals surface area (Å²) in [6, 6.07) is 7.32. The highest BCUT2D eigenvalue weighted by Gasteiger charge is 2.80. The number of hydrogen-bond acceptors (Lipinski definition) is 14. The second-order valence-corrected chi connectivity index (χ2v) is 18.9. The van der Waals surface area contributed by atoms with Crippen molar-refractivity contribution in [2.24, 2.45) is 22.7 Å². The Bertz CT molecular complexity index is 1830. The first-order valence-electron chi connectivity index (χ1n) is 20.4. The van der Waals surface area contributed by atoms with Gasteiger partial charge in [-0.1, -0.05) is 45.5 Å². The molecule has 1 aromatic rings. The lowest BCUT2D eigenvalue weighted by Gasteiger charge is -2.67. The minimum absolute atomic E-state index is 0.0625. The predicted octanol–water partition coefficient (Wildman–Crippen LogP) is 4.30. The summed E-state index contributed by atoms with van der Waals surface area (Å²) in [5.74, 6) is -3.58. The fourth-order valence-electron chi connectivity index (χ4n) is 10.5. The second-order valence-electron chi connectivity index (χ2n) is 18.9. The third kappa shape index (κ3) is 7.71. The van der Waals surface area contributed by atoms with E-state index in [1.165, 1.54) is 26.8 Å². The van der Waals surface area contributed by atoms with Gasteiger partial charge in [-0.05, 0) is 83.2 Å². The summed E-state index contributed by atoms with van der Waals surface area (Å²) in [5, 5.41) is 40.0. The van der Waals surface area contributed by atoms with E-state index in [0.29, 0.717) is 5.57 Å². The van der Waals surface area contributed by atoms with E-state index in [9.17, 15) is 34.5 Å². The van der Waals surface area contributed by atoms with Crippen LogP contribution in [-0.4, -0.2) is 118 Å². The normalized spacial score (nSPS) is 36.0. The van der Waals surface area contributed by atoms with E-state index in [4.69, 9.17) is 33.2 Å². The third-order valence-electron chi connectivity index (χ3n) is 13.0. The Morgan fingerprint density at radius 3 is 2.25 bits per heavy atom. The van der Waals surface area contributed by atoms with Gasteiger partial charge in [0.15, 0.2) is 24.1 Å². The van der Waals surface area contributed by atoms with Crippen LogP contribution in [-0.2, 0) is 42.7 Å². The fourth-order valence-corrected chi connectivity index (χ4v) is 10.5. The van der Waals surface area contributed by atoms with Crippen molar-refractivity contribution in [3.8, 4) is 0 Å². The van der Waals surface area contributed by atoms with Gasteiger partial charge in [-0.15, -0.1) is 0 Å². The molecule has 5 aliphatic rings. The number of aliphatic hydroxyl groups is 3. The Morgan fingerprint density at radius 1 is 1.05 bits per heavy atom. The molecule has 1 aromatic carbocycles. The quantitative estimate of drug-likeness (QED) is 0.140. The molecular weight excluding hydrogens is 766 g/mol. The third-order valence-corrected chi connectivity index (χ3v) is 13.0. The molecule has 59 heavy (non-hydrogen) atoms. The molecule has 3 aliphatic carbocycles. The van der Waals surface area contributed by atoms with Crippen LogP contribution in [0.25, 0.3) is 0 Å². The summed E-state index contributed by atoms with van der Waals surface area (Å²) in [5.41, 5.74) is -6.35. The number of ether oxygens (including phenoxy) is 7. The second kappa shape index (κ2) is 15.9. The van der Waals surface area contributed by atoms with Crippen LogP contribution in [0.2, 0.25) is 0 Å². The number of carbonyl (C=O) groups is 4. The summed E-state index contributed by atoms with van der Waals surface area (Å²) in [7, 11) is 0. The smallest absolute Gasteiger partial charge is 0.407 e. The van der Waals surface area contributed by atoms with Crippen LogP contribution in [0.1, 0.15) is 98.9 Å². The zero-order valence-corrected chi connectivity index (χ0v) is 35.7. The van der Waals surface area contributed by atoms with E-state index < -0.39 is 113 Å². The number of rotatable bonds is 11. The molecule has 326 valence electrons. The van der Waals surface area contributed by atoms with E-state index in [-0.39, 0.29) is 42.9 Å². The first-order chi connectivity index (χ1) is 27.4. The molecule has 2 saturated heterocycles. The largest absolute Gasteiger partial charge is 0.456 e. The van der Waals surface area contributed by atoms with Crippen molar-refractivity contribution >= 4 is 24.0 Å². The highest BCUT2D eigenvalue weighted by Crippen LogP contribution is 2.69. The molecule has 13 atom stereocenters. The van der Waals surface area contributed by atoms with Crippen molar-refractivity contribution in [1.29, 1.82) is 0 Å². The molecule has 0 spiro atoms. The Labute approximate surface area is 345 Å². The maximum Gasteiger partial charge on any atom is 0.407 e. The van der Waals surface area contributed by atoms with Crippen LogP contribution >= 0.6 is 0 Å². The number of esters is 3. The predicted molar refractivity (Wildman–Crippen MR) is 210 cm³/mol. The van der Waals surface area contributed by atoms with Gasteiger partial charge in [0, 0.05) is 31.1 Å². The monoisotopic (exact) mass is 827 g/mol. The molecule has 0 aromatic heterocycles. The molecular formula is C44H61NO14. The summed E-state index contributed by atoms with van der Waals surface area (Å²) in [6.07, 6.45) is -8.69. The SMILES string of the molecule is C=C[C@H]1O[C@H]2C[C@H]3OC[C@@]3(OC(=O)c3ccccc3)[C@H]3[C@H](O)[C@]4(C(C)(C)O)C[C@H](OC(=O)[C@H](O)[C@H](CC(C)C)NC(=O)OC(C)(C)C)C(C)=C4[C@H](OC(C)=O)[C@H](O1)[C@]23C. The van der Waals surface area contributed by atoms with Crippen molar-refractivity contribution < 1.29 is 67.7 Å². The Kier molecular flexibility index (Phi) is 12.0. The average molecular weight is 828 g/mol. The highest BCUT2D eigenvalue weighted by molar-refractivity contribution is 5.89. The molecule has 15 nitrogen and oxygen atoms in total. The van der Waals surface area contributed by atoms with Crippen LogP contribution in [0.3, 0.4) is 0 Å². The van der Waals surface area contributed by atoms with Crippen molar-refractivity contribution in [3.05, 3.63) is 59.7 Å².